The van der Waals surface area contributed by atoms with Crippen LogP contribution in [0.4, 0.5) is 0 Å². The number of carbonyl (C=O) groups is 2. The van der Waals surface area contributed by atoms with Crippen molar-refractivity contribution in [3.8, 4) is 0 Å². The van der Waals surface area contributed by atoms with Crippen LogP contribution in [-0.2, 0) is 14.8 Å². The average molecular weight is 462 g/mol. The van der Waals surface area contributed by atoms with Crippen LogP contribution in [0, 0.1) is 27.7 Å². The Morgan fingerprint density at radius 2 is 1.69 bits per heavy atom. The molecule has 2 amide bonds. The molecule has 0 radical (unpaired) electrons. The zero-order valence-electron chi connectivity index (χ0n) is 19.2. The number of nitrogens with zero attached hydrogens (tertiary/aromatic N) is 1. The highest BCUT2D eigenvalue weighted by molar-refractivity contribution is 7.89. The Labute approximate surface area is 189 Å². The number of aryl methyl sites for hydroxylation is 2. The summed E-state index contributed by atoms with van der Waals surface area (Å²) in [7, 11) is -3.87. The lowest BCUT2D eigenvalue weighted by Crippen LogP contribution is -2.51. The van der Waals surface area contributed by atoms with Crippen molar-refractivity contribution < 1.29 is 22.4 Å². The van der Waals surface area contributed by atoms with Gasteiger partial charge >= 0.3 is 0 Å². The molecule has 32 heavy (non-hydrogen) atoms. The van der Waals surface area contributed by atoms with Crippen molar-refractivity contribution in [2.45, 2.75) is 64.4 Å². The highest BCUT2D eigenvalue weighted by Crippen LogP contribution is 2.26. The first-order chi connectivity index (χ1) is 15.0. The lowest BCUT2D eigenvalue weighted by Gasteiger charge is -2.32. The van der Waals surface area contributed by atoms with E-state index < -0.39 is 16.1 Å². The molecule has 1 aliphatic rings. The molecule has 1 fully saturated rings. The van der Waals surface area contributed by atoms with Crippen molar-refractivity contribution in [2.24, 2.45) is 0 Å². The third-order valence-corrected chi connectivity index (χ3v) is 8.00. The van der Waals surface area contributed by atoms with Crippen LogP contribution < -0.4 is 10.0 Å². The first-order valence-electron chi connectivity index (χ1n) is 10.7. The van der Waals surface area contributed by atoms with Gasteiger partial charge in [-0.2, -0.15) is 4.72 Å². The molecule has 2 heterocycles. The van der Waals surface area contributed by atoms with Crippen molar-refractivity contribution in [3.63, 3.8) is 0 Å². The van der Waals surface area contributed by atoms with E-state index in [-0.39, 0.29) is 22.8 Å². The Morgan fingerprint density at radius 1 is 1.09 bits per heavy atom. The molecule has 1 aliphatic heterocycles. The number of amides is 2. The summed E-state index contributed by atoms with van der Waals surface area (Å²) in [6.07, 6.45) is 4.08. The highest BCUT2D eigenvalue weighted by atomic mass is 32.2. The lowest BCUT2D eigenvalue weighted by molar-refractivity contribution is -0.123. The smallest absolute Gasteiger partial charge is 0.257 e. The summed E-state index contributed by atoms with van der Waals surface area (Å²) in [5.41, 5.74) is 3.66. The monoisotopic (exact) mass is 461 g/mol. The van der Waals surface area contributed by atoms with E-state index in [2.05, 4.69) is 10.0 Å². The Hall–Kier alpha value is -2.65. The second-order valence-corrected chi connectivity index (χ2v) is 10.2. The van der Waals surface area contributed by atoms with Crippen molar-refractivity contribution >= 4 is 21.8 Å². The van der Waals surface area contributed by atoms with Gasteiger partial charge in [0.25, 0.3) is 5.91 Å². The molecule has 1 saturated heterocycles. The molecule has 2 N–H and O–H groups in total. The normalized spacial score (nSPS) is 16.1. The first kappa shape index (κ1) is 24.0. The molecule has 2 aromatic rings. The SMILES string of the molecule is Cc1cc(C)c(C)c(S(=O)(=O)N[C@@H](C)C(=O)NC2CCN(C(=O)c3ccoc3)CC2)c1C. The van der Waals surface area contributed by atoms with Gasteiger partial charge in [-0.1, -0.05) is 6.07 Å². The second-order valence-electron chi connectivity index (χ2n) is 8.52. The molecule has 1 aromatic carbocycles. The lowest BCUT2D eigenvalue weighted by atomic mass is 10.0. The quantitative estimate of drug-likeness (QED) is 0.687. The predicted octanol–water partition coefficient (Wildman–Crippen LogP) is 2.60. The van der Waals surface area contributed by atoms with Gasteiger partial charge in [0.1, 0.15) is 6.26 Å². The van der Waals surface area contributed by atoms with Gasteiger partial charge in [0.05, 0.1) is 22.8 Å². The van der Waals surface area contributed by atoms with Crippen molar-refractivity contribution in [1.29, 1.82) is 0 Å². The van der Waals surface area contributed by atoms with Crippen molar-refractivity contribution in [2.75, 3.05) is 13.1 Å². The number of benzene rings is 1. The Kier molecular flexibility index (Phi) is 7.09. The molecular weight excluding hydrogens is 430 g/mol. The van der Waals surface area contributed by atoms with E-state index in [0.717, 1.165) is 11.1 Å². The summed E-state index contributed by atoms with van der Waals surface area (Å²) in [6, 6.07) is 2.55. The summed E-state index contributed by atoms with van der Waals surface area (Å²) in [6.45, 7) is 9.87. The van der Waals surface area contributed by atoms with Crippen LogP contribution in [0.5, 0.6) is 0 Å². The van der Waals surface area contributed by atoms with Crippen molar-refractivity contribution in [3.05, 3.63) is 52.5 Å². The number of nitrogens with one attached hydrogen (secondary N) is 2. The van der Waals surface area contributed by atoms with Crippen LogP contribution in [0.2, 0.25) is 0 Å². The third-order valence-electron chi connectivity index (χ3n) is 6.19. The molecule has 1 aromatic heterocycles. The average Bonchev–Trinajstić information content (AvgIpc) is 3.27. The number of likely N-dealkylation sites (tertiary alicyclic amines) is 1. The number of hydrogen-bond acceptors (Lipinski definition) is 5. The molecule has 0 aliphatic carbocycles. The maximum absolute atomic E-state index is 13.1. The Bertz CT molecular complexity index is 1070. The number of sulfonamides is 1. The van der Waals surface area contributed by atoms with E-state index in [1.54, 1.807) is 24.8 Å². The number of rotatable bonds is 6. The highest BCUT2D eigenvalue weighted by Gasteiger charge is 2.29. The van der Waals surface area contributed by atoms with Gasteiger partial charge in [0.2, 0.25) is 15.9 Å². The predicted molar refractivity (Wildman–Crippen MR) is 121 cm³/mol. The molecule has 3 rings (SSSR count). The van der Waals surface area contributed by atoms with Crippen LogP contribution in [0.25, 0.3) is 0 Å². The molecular formula is C23H31N3O5S. The first-order valence-corrected chi connectivity index (χ1v) is 12.2. The minimum Gasteiger partial charge on any atom is -0.472 e. The van der Waals surface area contributed by atoms with Crippen LogP contribution >= 0.6 is 0 Å². The molecule has 1 atom stereocenters. The molecule has 0 saturated carbocycles. The van der Waals surface area contributed by atoms with Gasteiger partial charge in [-0.05, 0) is 75.8 Å². The zero-order chi connectivity index (χ0) is 23.6. The molecule has 8 nitrogen and oxygen atoms in total. The van der Waals surface area contributed by atoms with Gasteiger partial charge in [0.15, 0.2) is 0 Å². The van der Waals surface area contributed by atoms with Gasteiger partial charge in [-0.3, -0.25) is 9.59 Å². The topological polar surface area (TPSA) is 109 Å². The van der Waals surface area contributed by atoms with Gasteiger partial charge in [0, 0.05) is 19.1 Å². The molecule has 0 spiro atoms. The van der Waals surface area contributed by atoms with Gasteiger partial charge in [-0.15, -0.1) is 0 Å². The number of hydrogen-bond donors (Lipinski definition) is 2. The molecule has 174 valence electrons. The van der Waals surface area contributed by atoms with E-state index in [0.29, 0.717) is 42.6 Å². The zero-order valence-corrected chi connectivity index (χ0v) is 20.0. The maximum Gasteiger partial charge on any atom is 0.257 e. The number of piperidine rings is 1. The standard InChI is InChI=1S/C23H31N3O5S/c1-14-12-15(2)17(4)21(16(14)3)32(29,30)25-18(5)22(27)24-20-6-9-26(10-7-20)23(28)19-8-11-31-13-19/h8,11-13,18,20,25H,6-7,9-10H2,1-5H3,(H,24,27)/t18-/m0/s1. The van der Waals surface area contributed by atoms with Crippen LogP contribution in [0.15, 0.2) is 34.0 Å². The molecule has 0 unspecified atom stereocenters. The largest absolute Gasteiger partial charge is 0.472 e. The van der Waals surface area contributed by atoms with Crippen molar-refractivity contribution in [1.82, 2.24) is 14.9 Å². The van der Waals surface area contributed by atoms with Gasteiger partial charge in [-0.25, -0.2) is 8.42 Å². The summed E-state index contributed by atoms with van der Waals surface area (Å²) in [5.74, 6) is -0.475. The fourth-order valence-electron chi connectivity index (χ4n) is 4.05. The summed E-state index contributed by atoms with van der Waals surface area (Å²) < 4.78 is 33.6. The summed E-state index contributed by atoms with van der Waals surface area (Å²) in [4.78, 5) is 27.1. The van der Waals surface area contributed by atoms with E-state index >= 15 is 0 Å². The Balaban J connectivity index is 1.59. The van der Waals surface area contributed by atoms with E-state index in [4.69, 9.17) is 4.42 Å². The van der Waals surface area contributed by atoms with E-state index in [1.165, 1.54) is 19.5 Å². The third kappa shape index (κ3) is 5.05. The summed E-state index contributed by atoms with van der Waals surface area (Å²) >= 11 is 0. The Morgan fingerprint density at radius 3 is 2.22 bits per heavy atom. The molecule has 9 heteroatoms. The second kappa shape index (κ2) is 9.46. The van der Waals surface area contributed by atoms with Gasteiger partial charge < -0.3 is 14.6 Å². The minimum atomic E-state index is -3.87. The van der Waals surface area contributed by atoms with E-state index in [1.807, 2.05) is 19.9 Å². The van der Waals surface area contributed by atoms with E-state index in [9.17, 15) is 18.0 Å². The maximum atomic E-state index is 13.1. The van der Waals surface area contributed by atoms with Crippen LogP contribution in [-0.4, -0.2) is 50.3 Å². The molecule has 0 bridgehead atoms. The minimum absolute atomic E-state index is 0.0937. The van der Waals surface area contributed by atoms with Crippen LogP contribution in [0.3, 0.4) is 0 Å². The van der Waals surface area contributed by atoms with Crippen LogP contribution in [0.1, 0.15) is 52.4 Å². The fourth-order valence-corrected chi connectivity index (χ4v) is 5.87. The number of carbonyl (C=O) groups excluding carboxylic acids is 2. The summed E-state index contributed by atoms with van der Waals surface area (Å²) in [5, 5.41) is 2.92. The fraction of sp³-hybridized carbons (Fsp3) is 0.478. The number of furan rings is 1.